The van der Waals surface area contributed by atoms with Gasteiger partial charge in [-0.3, -0.25) is 14.9 Å². The normalized spacial score (nSPS) is 15.8. The van der Waals surface area contributed by atoms with Crippen LogP contribution in [-0.4, -0.2) is 46.6 Å². The smallest absolute Gasteiger partial charge is 0.338 e. The number of carbonyl (C=O) groups excluding carboxylic acids is 3. The van der Waals surface area contributed by atoms with Crippen molar-refractivity contribution in [3.8, 4) is 0 Å². The van der Waals surface area contributed by atoms with Gasteiger partial charge in [-0.1, -0.05) is 24.3 Å². The topological polar surface area (TPSA) is 143 Å². The van der Waals surface area contributed by atoms with Crippen LogP contribution in [0, 0.1) is 15.9 Å². The molecule has 194 valence electrons. The SMILES string of the molecule is CCOC(=O)C1=C(C)NC(=O)N(CCC(=O)N/N=C(/C)c2ccc(F)cc2)C1c1cccc([N+](=O)[O-])c1. The van der Waals surface area contributed by atoms with Gasteiger partial charge in [0.15, 0.2) is 0 Å². The van der Waals surface area contributed by atoms with Gasteiger partial charge < -0.3 is 15.0 Å². The first kappa shape index (κ1) is 27.0. The Morgan fingerprint density at radius 2 is 1.95 bits per heavy atom. The lowest BCUT2D eigenvalue weighted by Gasteiger charge is -2.37. The number of allylic oxidation sites excluding steroid dienone is 1. The van der Waals surface area contributed by atoms with Crippen molar-refractivity contribution in [1.82, 2.24) is 15.6 Å². The molecule has 1 atom stereocenters. The van der Waals surface area contributed by atoms with Gasteiger partial charge in [0.25, 0.3) is 5.69 Å². The highest BCUT2D eigenvalue weighted by molar-refractivity contribution is 5.99. The first-order valence-corrected chi connectivity index (χ1v) is 11.4. The molecule has 1 heterocycles. The summed E-state index contributed by atoms with van der Waals surface area (Å²) < 4.78 is 18.3. The Hall–Kier alpha value is -4.61. The molecule has 0 radical (unpaired) electrons. The van der Waals surface area contributed by atoms with Gasteiger partial charge >= 0.3 is 12.0 Å². The van der Waals surface area contributed by atoms with Crippen LogP contribution >= 0.6 is 0 Å². The summed E-state index contributed by atoms with van der Waals surface area (Å²) in [6.07, 6.45) is -0.186. The quantitative estimate of drug-likeness (QED) is 0.228. The number of ether oxygens (including phenoxy) is 1. The summed E-state index contributed by atoms with van der Waals surface area (Å²) in [5.74, 6) is -1.60. The molecular weight excluding hydrogens is 485 g/mol. The average Bonchev–Trinajstić information content (AvgIpc) is 2.86. The number of halogens is 1. The van der Waals surface area contributed by atoms with E-state index in [9.17, 15) is 28.9 Å². The zero-order chi connectivity index (χ0) is 27.1. The van der Waals surface area contributed by atoms with Crippen molar-refractivity contribution < 1.29 is 28.4 Å². The molecular formula is C25H26FN5O6. The second-order valence-corrected chi connectivity index (χ2v) is 8.13. The number of nitrogens with one attached hydrogen (secondary N) is 2. The van der Waals surface area contributed by atoms with E-state index in [0.717, 1.165) is 0 Å². The van der Waals surface area contributed by atoms with Crippen LogP contribution in [0.25, 0.3) is 0 Å². The number of nitrogens with zero attached hydrogens (tertiary/aromatic N) is 3. The molecule has 0 bridgehead atoms. The molecule has 0 aromatic heterocycles. The maximum Gasteiger partial charge on any atom is 0.338 e. The minimum absolute atomic E-state index is 0.0824. The number of hydrogen-bond acceptors (Lipinski definition) is 7. The Bertz CT molecular complexity index is 1270. The molecule has 2 N–H and O–H groups in total. The third kappa shape index (κ3) is 6.54. The van der Waals surface area contributed by atoms with Crippen LogP contribution in [0.2, 0.25) is 0 Å². The number of rotatable bonds is 9. The fraction of sp³-hybridized carbons (Fsp3) is 0.280. The van der Waals surface area contributed by atoms with E-state index in [-0.39, 0.29) is 36.5 Å². The Labute approximate surface area is 212 Å². The third-order valence-electron chi connectivity index (χ3n) is 5.63. The fourth-order valence-electron chi connectivity index (χ4n) is 3.82. The molecule has 0 saturated heterocycles. The second-order valence-electron chi connectivity index (χ2n) is 8.13. The van der Waals surface area contributed by atoms with E-state index in [1.807, 2.05) is 0 Å². The molecule has 0 saturated carbocycles. The van der Waals surface area contributed by atoms with Crippen LogP contribution in [-0.2, 0) is 14.3 Å². The number of nitro benzene ring substituents is 1. The highest BCUT2D eigenvalue weighted by atomic mass is 19.1. The molecule has 0 aliphatic carbocycles. The first-order valence-electron chi connectivity index (χ1n) is 11.4. The maximum absolute atomic E-state index is 13.1. The number of hydrogen-bond donors (Lipinski definition) is 2. The molecule has 3 amide bonds. The van der Waals surface area contributed by atoms with Crippen LogP contribution in [0.1, 0.15) is 44.4 Å². The fourth-order valence-corrected chi connectivity index (χ4v) is 3.82. The number of amides is 3. The number of esters is 1. The Morgan fingerprint density at radius 1 is 1.24 bits per heavy atom. The molecule has 1 aliphatic heterocycles. The number of carbonyl (C=O) groups is 3. The zero-order valence-corrected chi connectivity index (χ0v) is 20.5. The minimum atomic E-state index is -1.02. The number of non-ortho nitro benzene ring substituents is 1. The molecule has 1 aliphatic rings. The van der Waals surface area contributed by atoms with Crippen molar-refractivity contribution in [3.63, 3.8) is 0 Å². The van der Waals surface area contributed by atoms with Crippen molar-refractivity contribution in [2.45, 2.75) is 33.2 Å². The van der Waals surface area contributed by atoms with Gasteiger partial charge in [0, 0.05) is 30.8 Å². The number of nitro groups is 1. The molecule has 0 fully saturated rings. The summed E-state index contributed by atoms with van der Waals surface area (Å²) in [5.41, 5.74) is 3.91. The highest BCUT2D eigenvalue weighted by Crippen LogP contribution is 2.35. The van der Waals surface area contributed by atoms with E-state index in [1.54, 1.807) is 19.9 Å². The van der Waals surface area contributed by atoms with Crippen molar-refractivity contribution >= 4 is 29.3 Å². The molecule has 12 heteroatoms. The van der Waals surface area contributed by atoms with Gasteiger partial charge in [-0.05, 0) is 44.0 Å². The standard InChI is InChI=1S/C25H26FN5O6/c1-4-37-24(33)22-16(3)27-25(34)30(23(22)18-6-5-7-20(14-18)31(35)36)13-12-21(32)29-28-15(2)17-8-10-19(26)11-9-17/h5-11,14,23H,4,12-13H2,1-3H3,(H,27,34)(H,29,32)/b28-15-. The van der Waals surface area contributed by atoms with Crippen molar-refractivity contribution in [2.24, 2.45) is 5.10 Å². The molecule has 1 unspecified atom stereocenters. The number of benzene rings is 2. The molecule has 0 spiro atoms. The summed E-state index contributed by atoms with van der Waals surface area (Å²) in [6.45, 7) is 4.76. The summed E-state index contributed by atoms with van der Waals surface area (Å²) in [7, 11) is 0. The molecule has 3 rings (SSSR count). The summed E-state index contributed by atoms with van der Waals surface area (Å²) in [4.78, 5) is 50.3. The molecule has 37 heavy (non-hydrogen) atoms. The lowest BCUT2D eigenvalue weighted by molar-refractivity contribution is -0.384. The number of hydrazone groups is 1. The van der Waals surface area contributed by atoms with E-state index in [1.165, 1.54) is 54.3 Å². The molecule has 2 aromatic carbocycles. The monoisotopic (exact) mass is 511 g/mol. The van der Waals surface area contributed by atoms with Crippen LogP contribution < -0.4 is 10.7 Å². The van der Waals surface area contributed by atoms with E-state index >= 15 is 0 Å². The minimum Gasteiger partial charge on any atom is -0.463 e. The van der Waals surface area contributed by atoms with Crippen LogP contribution in [0.15, 0.2) is 64.9 Å². The Morgan fingerprint density at radius 3 is 2.59 bits per heavy atom. The second kappa shape index (κ2) is 11.9. The lowest BCUT2D eigenvalue weighted by Crippen LogP contribution is -2.49. The van der Waals surface area contributed by atoms with E-state index < -0.39 is 34.7 Å². The predicted octanol–water partition coefficient (Wildman–Crippen LogP) is 3.57. The van der Waals surface area contributed by atoms with Crippen molar-refractivity contribution in [1.29, 1.82) is 0 Å². The van der Waals surface area contributed by atoms with Crippen LogP contribution in [0.5, 0.6) is 0 Å². The Kier molecular flexibility index (Phi) is 8.67. The summed E-state index contributed by atoms with van der Waals surface area (Å²) >= 11 is 0. The lowest BCUT2D eigenvalue weighted by atomic mass is 9.93. The van der Waals surface area contributed by atoms with Crippen LogP contribution in [0.3, 0.4) is 0 Å². The number of urea groups is 1. The van der Waals surface area contributed by atoms with E-state index in [0.29, 0.717) is 16.8 Å². The zero-order valence-electron chi connectivity index (χ0n) is 20.5. The highest BCUT2D eigenvalue weighted by Gasteiger charge is 2.39. The van der Waals surface area contributed by atoms with Crippen molar-refractivity contribution in [2.75, 3.05) is 13.2 Å². The predicted molar refractivity (Wildman–Crippen MR) is 132 cm³/mol. The van der Waals surface area contributed by atoms with E-state index in [2.05, 4.69) is 15.8 Å². The Balaban J connectivity index is 1.85. The van der Waals surface area contributed by atoms with Crippen LogP contribution in [0.4, 0.5) is 14.9 Å². The molecule has 2 aromatic rings. The summed E-state index contributed by atoms with van der Waals surface area (Å²) in [5, 5.41) is 18.0. The largest absolute Gasteiger partial charge is 0.463 e. The van der Waals surface area contributed by atoms with Gasteiger partial charge in [0.1, 0.15) is 5.82 Å². The average molecular weight is 512 g/mol. The van der Waals surface area contributed by atoms with Crippen molar-refractivity contribution in [3.05, 3.63) is 86.9 Å². The van der Waals surface area contributed by atoms with Gasteiger partial charge in [-0.2, -0.15) is 5.10 Å². The van der Waals surface area contributed by atoms with Gasteiger partial charge in [-0.25, -0.2) is 19.4 Å². The molecule has 11 nitrogen and oxygen atoms in total. The van der Waals surface area contributed by atoms with Gasteiger partial charge in [-0.15, -0.1) is 0 Å². The van der Waals surface area contributed by atoms with Gasteiger partial charge in [0.2, 0.25) is 5.91 Å². The maximum atomic E-state index is 13.1. The van der Waals surface area contributed by atoms with E-state index in [4.69, 9.17) is 4.74 Å². The third-order valence-corrected chi connectivity index (χ3v) is 5.63. The van der Waals surface area contributed by atoms with Gasteiger partial charge in [0.05, 0.1) is 28.9 Å². The summed E-state index contributed by atoms with van der Waals surface area (Å²) in [6, 6.07) is 9.58. The first-order chi connectivity index (χ1) is 17.6.